The number of halogens is 6. The summed E-state index contributed by atoms with van der Waals surface area (Å²) < 4.78 is 1.05. The number of rotatable bonds is 18. The highest BCUT2D eigenvalue weighted by Gasteiger charge is 2.31. The highest BCUT2D eigenvalue weighted by Crippen LogP contribution is 2.37. The van der Waals surface area contributed by atoms with Crippen LogP contribution < -0.4 is 31.9 Å². The second-order valence-electron chi connectivity index (χ2n) is 11.6. The molecule has 25 heteroatoms. The van der Waals surface area contributed by atoms with Crippen LogP contribution in [0.15, 0.2) is 0 Å². The molecule has 4 atom stereocenters. The lowest BCUT2D eigenvalue weighted by molar-refractivity contribution is -0.123. The van der Waals surface area contributed by atoms with Crippen molar-refractivity contribution in [1.82, 2.24) is 21.3 Å². The van der Waals surface area contributed by atoms with Gasteiger partial charge in [-0.1, -0.05) is 0 Å². The van der Waals surface area contributed by atoms with Gasteiger partial charge in [0.15, 0.2) is 0 Å². The summed E-state index contributed by atoms with van der Waals surface area (Å²) in [5.41, 5.74) is -0.205. The van der Waals surface area contributed by atoms with E-state index in [0.29, 0.717) is 0 Å². The highest BCUT2D eigenvalue weighted by molar-refractivity contribution is 14.1. The summed E-state index contributed by atoms with van der Waals surface area (Å²) in [6, 6.07) is 0. The number of aliphatic hydroxyl groups excluding tert-OH is 7. The molecular weight excluding hydrogens is 1430 g/mol. The molecule has 0 saturated heterocycles. The first-order valence-electron chi connectivity index (χ1n) is 15.9. The van der Waals surface area contributed by atoms with Crippen LogP contribution in [0.1, 0.15) is 55.3 Å². The maximum Gasteiger partial charge on any atom is 0.253 e. The van der Waals surface area contributed by atoms with Gasteiger partial charge >= 0.3 is 0 Å². The minimum absolute atomic E-state index is 0.0340. The quantitative estimate of drug-likeness (QED) is 0.0850. The van der Waals surface area contributed by atoms with E-state index in [9.17, 15) is 54.3 Å². The summed E-state index contributed by atoms with van der Waals surface area (Å²) in [6.07, 6.45) is -6.85. The zero-order chi connectivity index (χ0) is 42.8. The van der Waals surface area contributed by atoms with E-state index in [1.807, 2.05) is 0 Å². The van der Waals surface area contributed by atoms with Crippen LogP contribution in [0.25, 0.3) is 0 Å². The number of carbonyl (C=O) groups excluding carboxylic acids is 6. The summed E-state index contributed by atoms with van der Waals surface area (Å²) in [6.45, 7) is -0.352. The van der Waals surface area contributed by atoms with E-state index in [1.165, 1.54) is 13.8 Å². The van der Waals surface area contributed by atoms with Crippen molar-refractivity contribution >= 4 is 182 Å². The molecule has 0 aliphatic rings. The Hall–Kier alpha value is -0.640. The smallest absolute Gasteiger partial charge is 0.253 e. The Labute approximate surface area is 401 Å². The molecule has 2 aromatic rings. The third kappa shape index (κ3) is 13.7. The molecule has 2 rings (SSSR count). The van der Waals surface area contributed by atoms with E-state index in [1.54, 1.807) is 136 Å². The third-order valence-electron chi connectivity index (χ3n) is 7.21. The Kier molecular flexibility index (Phi) is 22.0. The summed E-state index contributed by atoms with van der Waals surface area (Å²) in [4.78, 5) is 78.6. The highest BCUT2D eigenvalue weighted by atomic mass is 127. The number of nitrogens with one attached hydrogen (secondary N) is 6. The molecule has 0 spiro atoms. The Morgan fingerprint density at radius 3 is 0.893 bits per heavy atom. The average Bonchev–Trinajstić information content (AvgIpc) is 3.13. The summed E-state index contributed by atoms with van der Waals surface area (Å²) in [5, 5.41) is 83.2. The van der Waals surface area contributed by atoms with Gasteiger partial charge < -0.3 is 67.6 Å². The van der Waals surface area contributed by atoms with E-state index in [2.05, 4.69) is 31.9 Å². The zero-order valence-corrected chi connectivity index (χ0v) is 41.9. The predicted octanol–water partition coefficient (Wildman–Crippen LogP) is -0.361. The van der Waals surface area contributed by atoms with Crippen LogP contribution in [0, 0.1) is 21.4 Å². The largest absolute Gasteiger partial charge is 0.394 e. The standard InChI is InChI=1S/C31H36I6N6O13/c1-9(46)26(51)42-24-20(34)14(18(32)16(22(24)36)30(55)40-5-12(49)7-44)28(53)38-3-11(48)4-39-29(54)15-19(33)17(31(56)41-6-13(50)8-45)23(37)25(21(15)35)43-27(52)10(2)47/h9-13,44-50H,3-8H2,1-2H3,(H,38,53)(H,39,54)(H,40,55)(H,41,56)(H,42,51)(H,43,52)/t9-,10-,11?,12?,13?/m0/s1. The van der Waals surface area contributed by atoms with Gasteiger partial charge in [-0.05, 0) is 149 Å². The van der Waals surface area contributed by atoms with E-state index in [-0.39, 0.29) is 68.1 Å². The van der Waals surface area contributed by atoms with Crippen molar-refractivity contribution in [3.05, 3.63) is 43.7 Å². The van der Waals surface area contributed by atoms with E-state index < -0.39 is 92.3 Å². The van der Waals surface area contributed by atoms with E-state index >= 15 is 0 Å². The number of hydrogen-bond donors (Lipinski definition) is 13. The monoisotopic (exact) mass is 1460 g/mol. The molecule has 310 valence electrons. The lowest BCUT2D eigenvalue weighted by Gasteiger charge is -2.21. The van der Waals surface area contributed by atoms with Crippen LogP contribution >= 0.6 is 136 Å². The molecule has 2 unspecified atom stereocenters. The van der Waals surface area contributed by atoms with Gasteiger partial charge in [-0.2, -0.15) is 0 Å². The maximum absolute atomic E-state index is 13.6. The first-order valence-corrected chi connectivity index (χ1v) is 22.4. The number of benzene rings is 2. The Morgan fingerprint density at radius 2 is 0.679 bits per heavy atom. The van der Waals surface area contributed by atoms with Crippen molar-refractivity contribution in [3.63, 3.8) is 0 Å². The van der Waals surface area contributed by atoms with Crippen molar-refractivity contribution in [1.29, 1.82) is 0 Å². The maximum atomic E-state index is 13.6. The Bertz CT molecular complexity index is 1720. The van der Waals surface area contributed by atoms with E-state index in [0.717, 1.165) is 0 Å². The molecule has 0 heterocycles. The molecule has 0 saturated carbocycles. The normalized spacial score (nSPS) is 13.8. The van der Waals surface area contributed by atoms with Gasteiger partial charge in [0.05, 0.1) is 79.4 Å². The van der Waals surface area contributed by atoms with Gasteiger partial charge in [-0.3, -0.25) is 28.8 Å². The number of hydrogen-bond acceptors (Lipinski definition) is 13. The molecule has 0 bridgehead atoms. The van der Waals surface area contributed by atoms with Crippen LogP contribution in [0.5, 0.6) is 0 Å². The van der Waals surface area contributed by atoms with Gasteiger partial charge in [0.25, 0.3) is 35.4 Å². The van der Waals surface area contributed by atoms with Gasteiger partial charge in [0.1, 0.15) is 12.2 Å². The molecule has 0 fully saturated rings. The molecule has 0 aliphatic carbocycles. The van der Waals surface area contributed by atoms with Crippen LogP contribution in [0.3, 0.4) is 0 Å². The minimum Gasteiger partial charge on any atom is -0.394 e. The van der Waals surface area contributed by atoms with Crippen molar-refractivity contribution in [3.8, 4) is 0 Å². The van der Waals surface area contributed by atoms with Crippen molar-refractivity contribution < 1.29 is 64.5 Å². The first kappa shape index (κ1) is 51.5. The Morgan fingerprint density at radius 1 is 0.446 bits per heavy atom. The average molecular weight is 1460 g/mol. The van der Waals surface area contributed by atoms with Crippen LogP contribution in [0.4, 0.5) is 11.4 Å². The summed E-state index contributed by atoms with van der Waals surface area (Å²) in [7, 11) is 0. The molecule has 0 radical (unpaired) electrons. The molecule has 6 amide bonds. The number of carbonyl (C=O) groups is 6. The molecule has 2 aromatic carbocycles. The van der Waals surface area contributed by atoms with Crippen molar-refractivity contribution in [2.24, 2.45) is 0 Å². The van der Waals surface area contributed by atoms with Gasteiger partial charge in [-0.25, -0.2) is 0 Å². The zero-order valence-electron chi connectivity index (χ0n) is 29.0. The number of amides is 6. The second-order valence-corrected chi connectivity index (χ2v) is 18.1. The first-order chi connectivity index (χ1) is 26.1. The van der Waals surface area contributed by atoms with Crippen LogP contribution in [-0.4, -0.2) is 141 Å². The predicted molar refractivity (Wildman–Crippen MR) is 251 cm³/mol. The van der Waals surface area contributed by atoms with Gasteiger partial charge in [-0.15, -0.1) is 0 Å². The lowest BCUT2D eigenvalue weighted by atomic mass is 10.1. The fourth-order valence-corrected chi connectivity index (χ4v) is 13.0. The number of anilines is 2. The number of aliphatic hydroxyl groups is 7. The lowest BCUT2D eigenvalue weighted by Crippen LogP contribution is -2.41. The molecule has 0 aromatic heterocycles. The van der Waals surface area contributed by atoms with Crippen LogP contribution in [0.2, 0.25) is 0 Å². The van der Waals surface area contributed by atoms with Crippen molar-refractivity contribution in [2.45, 2.75) is 44.4 Å². The molecular formula is C31H36I6N6O13. The van der Waals surface area contributed by atoms with Gasteiger partial charge in [0.2, 0.25) is 0 Å². The molecule has 56 heavy (non-hydrogen) atoms. The molecule has 19 nitrogen and oxygen atoms in total. The topological polar surface area (TPSA) is 316 Å². The van der Waals surface area contributed by atoms with E-state index in [4.69, 9.17) is 10.2 Å². The van der Waals surface area contributed by atoms with Crippen molar-refractivity contribution in [2.75, 3.05) is 50.0 Å². The second kappa shape index (κ2) is 24.0. The molecule has 0 aliphatic heterocycles. The summed E-state index contributed by atoms with van der Waals surface area (Å²) in [5.74, 6) is -4.73. The SMILES string of the molecule is C[C@H](O)C(=O)Nc1c(I)c(C(=O)NCC(O)CO)c(I)c(C(=O)NCC(O)CNC(=O)c2c(I)c(NC(=O)[C@H](C)O)c(I)c(C(=O)NCC(O)CO)c2I)c1I. The van der Waals surface area contributed by atoms with Crippen LogP contribution in [-0.2, 0) is 9.59 Å². The third-order valence-corrected chi connectivity index (χ3v) is 13.7. The Balaban J connectivity index is 2.42. The minimum atomic E-state index is -1.45. The molecule has 13 N–H and O–H groups in total. The van der Waals surface area contributed by atoms with Gasteiger partial charge in [0, 0.05) is 33.3 Å². The fourth-order valence-electron chi connectivity index (χ4n) is 4.20. The fraction of sp³-hybridized carbons (Fsp3) is 0.419. The summed E-state index contributed by atoms with van der Waals surface area (Å²) >= 11 is 10.7.